The van der Waals surface area contributed by atoms with E-state index in [1.165, 1.54) is 0 Å². The van der Waals surface area contributed by atoms with Crippen molar-refractivity contribution in [1.82, 2.24) is 4.98 Å². The molecule has 0 radical (unpaired) electrons. The van der Waals surface area contributed by atoms with E-state index in [4.69, 9.17) is 12.2 Å². The molecule has 2 nitrogen and oxygen atoms in total. The molecule has 0 aliphatic rings. The highest BCUT2D eigenvalue weighted by Crippen LogP contribution is 2.09. The number of rotatable bonds is 1. The summed E-state index contributed by atoms with van der Waals surface area (Å²) in [5.41, 5.74) is 0. The zero-order valence-corrected chi connectivity index (χ0v) is 6.55. The molecular formula is C5H6N2S2. The smallest absolute Gasteiger partial charge is 0.187 e. The molecule has 0 bridgehead atoms. The number of thiocarbonyl (C=S) groups is 1. The zero-order chi connectivity index (χ0) is 6.69. The minimum absolute atomic E-state index is 0.755. The van der Waals surface area contributed by atoms with Crippen LogP contribution in [0.2, 0.25) is 0 Å². The molecule has 0 aliphatic carbocycles. The first-order valence-corrected chi connectivity index (χ1v) is 3.75. The molecular weight excluding hydrogens is 152 g/mol. The Balaban J connectivity index is 2.58. The first-order valence-electron chi connectivity index (χ1n) is 2.46. The Hall–Kier alpha value is -0.480. The molecule has 9 heavy (non-hydrogen) atoms. The summed E-state index contributed by atoms with van der Waals surface area (Å²) in [5.74, 6) is 0. The lowest BCUT2D eigenvalue weighted by Crippen LogP contribution is -2.01. The van der Waals surface area contributed by atoms with Crippen molar-refractivity contribution < 1.29 is 0 Å². The topological polar surface area (TPSA) is 24.9 Å². The number of nitrogens with zero attached hydrogens (tertiary/aromatic N) is 1. The Kier molecular flexibility index (Phi) is 2.13. The van der Waals surface area contributed by atoms with Crippen LogP contribution in [0, 0.1) is 0 Å². The number of aromatic nitrogens is 1. The standard InChI is InChI=1S/C5H6N2S2/c1-4(8)7-5-6-2-3-9-5/h2-3H,1H3,(H,6,7,8). The van der Waals surface area contributed by atoms with Crippen molar-refractivity contribution in [2.75, 3.05) is 5.32 Å². The van der Waals surface area contributed by atoms with Gasteiger partial charge in [0, 0.05) is 11.6 Å². The minimum atomic E-state index is 0.755. The molecule has 0 aromatic carbocycles. The first-order chi connectivity index (χ1) is 4.29. The fraction of sp³-hybridized carbons (Fsp3) is 0.200. The Bertz CT molecular complexity index is 193. The van der Waals surface area contributed by atoms with Crippen LogP contribution in [0.15, 0.2) is 11.6 Å². The van der Waals surface area contributed by atoms with Gasteiger partial charge in [-0.05, 0) is 6.92 Å². The van der Waals surface area contributed by atoms with Gasteiger partial charge in [-0.2, -0.15) is 0 Å². The van der Waals surface area contributed by atoms with Gasteiger partial charge in [0.05, 0.1) is 4.99 Å². The van der Waals surface area contributed by atoms with E-state index >= 15 is 0 Å². The van der Waals surface area contributed by atoms with E-state index in [-0.39, 0.29) is 0 Å². The summed E-state index contributed by atoms with van der Waals surface area (Å²) in [6.07, 6.45) is 1.74. The third-order valence-corrected chi connectivity index (χ3v) is 1.51. The van der Waals surface area contributed by atoms with Gasteiger partial charge in [-0.25, -0.2) is 4.98 Å². The van der Waals surface area contributed by atoms with Crippen LogP contribution in [0.3, 0.4) is 0 Å². The van der Waals surface area contributed by atoms with E-state index in [9.17, 15) is 0 Å². The molecule has 0 spiro atoms. The molecule has 0 amide bonds. The van der Waals surface area contributed by atoms with E-state index in [0.29, 0.717) is 0 Å². The molecule has 0 aliphatic heterocycles. The highest BCUT2D eigenvalue weighted by Gasteiger charge is 1.91. The van der Waals surface area contributed by atoms with Crippen molar-refractivity contribution in [2.45, 2.75) is 6.92 Å². The van der Waals surface area contributed by atoms with Gasteiger partial charge in [0.2, 0.25) is 0 Å². The predicted molar refractivity (Wildman–Crippen MR) is 44.0 cm³/mol. The minimum Gasteiger partial charge on any atom is -0.326 e. The van der Waals surface area contributed by atoms with Crippen molar-refractivity contribution in [2.24, 2.45) is 0 Å². The average molecular weight is 158 g/mol. The van der Waals surface area contributed by atoms with Gasteiger partial charge in [-0.1, -0.05) is 12.2 Å². The molecule has 0 atom stereocenters. The van der Waals surface area contributed by atoms with Crippen molar-refractivity contribution >= 4 is 33.7 Å². The lowest BCUT2D eigenvalue weighted by molar-refractivity contribution is 1.41. The molecule has 0 saturated heterocycles. The monoisotopic (exact) mass is 158 g/mol. The molecule has 1 aromatic heterocycles. The van der Waals surface area contributed by atoms with Crippen molar-refractivity contribution in [3.8, 4) is 0 Å². The number of nitrogens with one attached hydrogen (secondary N) is 1. The van der Waals surface area contributed by atoms with Crippen LogP contribution >= 0.6 is 23.6 Å². The van der Waals surface area contributed by atoms with Crippen LogP contribution in [0.4, 0.5) is 5.13 Å². The Labute approximate surface area is 62.9 Å². The Morgan fingerprint density at radius 3 is 3.11 bits per heavy atom. The number of thiazole rings is 1. The third kappa shape index (κ3) is 2.07. The predicted octanol–water partition coefficient (Wildman–Crippen LogP) is 1.90. The summed E-state index contributed by atoms with van der Waals surface area (Å²) >= 11 is 6.34. The number of hydrogen-bond donors (Lipinski definition) is 1. The van der Waals surface area contributed by atoms with Gasteiger partial charge in [0.15, 0.2) is 5.13 Å². The third-order valence-electron chi connectivity index (χ3n) is 0.715. The average Bonchev–Trinajstić information content (AvgIpc) is 2.15. The van der Waals surface area contributed by atoms with E-state index in [2.05, 4.69) is 10.3 Å². The van der Waals surface area contributed by atoms with Crippen LogP contribution < -0.4 is 5.32 Å². The highest BCUT2D eigenvalue weighted by atomic mass is 32.1. The maximum absolute atomic E-state index is 4.80. The van der Waals surface area contributed by atoms with Gasteiger partial charge in [-0.3, -0.25) is 0 Å². The van der Waals surface area contributed by atoms with Crippen molar-refractivity contribution in [3.63, 3.8) is 0 Å². The van der Waals surface area contributed by atoms with E-state index in [1.54, 1.807) is 17.5 Å². The molecule has 1 aromatic rings. The SMILES string of the molecule is CC(=S)Nc1nccs1. The summed E-state index contributed by atoms with van der Waals surface area (Å²) in [5, 5.41) is 5.69. The Morgan fingerprint density at radius 2 is 2.67 bits per heavy atom. The van der Waals surface area contributed by atoms with Gasteiger partial charge in [0.25, 0.3) is 0 Å². The summed E-state index contributed by atoms with van der Waals surface area (Å²) in [6, 6.07) is 0. The second kappa shape index (κ2) is 2.89. The van der Waals surface area contributed by atoms with Crippen LogP contribution in [-0.2, 0) is 0 Å². The second-order valence-electron chi connectivity index (χ2n) is 1.52. The molecule has 0 unspecified atom stereocenters. The fourth-order valence-corrected chi connectivity index (χ4v) is 1.18. The largest absolute Gasteiger partial charge is 0.326 e. The van der Waals surface area contributed by atoms with Gasteiger partial charge in [0.1, 0.15) is 0 Å². The van der Waals surface area contributed by atoms with Crippen LogP contribution in [0.25, 0.3) is 0 Å². The maximum Gasteiger partial charge on any atom is 0.187 e. The van der Waals surface area contributed by atoms with E-state index < -0.39 is 0 Å². The van der Waals surface area contributed by atoms with Crippen LogP contribution in [-0.4, -0.2) is 9.97 Å². The molecule has 0 fully saturated rings. The quantitative estimate of drug-likeness (QED) is 0.632. The second-order valence-corrected chi connectivity index (χ2v) is 3.03. The summed E-state index contributed by atoms with van der Waals surface area (Å²) in [7, 11) is 0. The summed E-state index contributed by atoms with van der Waals surface area (Å²) in [6.45, 7) is 1.83. The zero-order valence-electron chi connectivity index (χ0n) is 4.92. The maximum atomic E-state index is 4.80. The number of anilines is 1. The van der Waals surface area contributed by atoms with Gasteiger partial charge < -0.3 is 5.32 Å². The molecule has 1 rings (SSSR count). The fourth-order valence-electron chi connectivity index (χ4n) is 0.436. The van der Waals surface area contributed by atoms with Crippen molar-refractivity contribution in [1.29, 1.82) is 0 Å². The summed E-state index contributed by atoms with van der Waals surface area (Å²) in [4.78, 5) is 4.73. The molecule has 4 heteroatoms. The normalized spacial score (nSPS) is 9.00. The van der Waals surface area contributed by atoms with E-state index in [1.807, 2.05) is 12.3 Å². The lowest BCUT2D eigenvalue weighted by Gasteiger charge is -1.94. The summed E-state index contributed by atoms with van der Waals surface area (Å²) < 4.78 is 0. The van der Waals surface area contributed by atoms with Crippen molar-refractivity contribution in [3.05, 3.63) is 11.6 Å². The molecule has 1 heterocycles. The van der Waals surface area contributed by atoms with Gasteiger partial charge >= 0.3 is 0 Å². The van der Waals surface area contributed by atoms with Crippen LogP contribution in [0.5, 0.6) is 0 Å². The number of hydrogen-bond acceptors (Lipinski definition) is 3. The van der Waals surface area contributed by atoms with E-state index in [0.717, 1.165) is 10.1 Å². The highest BCUT2D eigenvalue weighted by molar-refractivity contribution is 7.80. The van der Waals surface area contributed by atoms with Crippen LogP contribution in [0.1, 0.15) is 6.92 Å². The Morgan fingerprint density at radius 1 is 1.89 bits per heavy atom. The lowest BCUT2D eigenvalue weighted by atomic mass is 10.7. The molecule has 0 saturated carbocycles. The molecule has 48 valence electrons. The van der Waals surface area contributed by atoms with Gasteiger partial charge in [-0.15, -0.1) is 11.3 Å². The first kappa shape index (κ1) is 6.64. The molecule has 1 N–H and O–H groups in total.